The number of thioether (sulfide) groups is 1. The minimum atomic E-state index is -0.802. The molecule has 4 nitrogen and oxygen atoms in total. The number of hydrogen-bond acceptors (Lipinski definition) is 4. The first-order valence-electron chi connectivity index (χ1n) is 5.49. The van der Waals surface area contributed by atoms with Gasteiger partial charge in [0.2, 0.25) is 0 Å². The number of rotatable bonds is 4. The van der Waals surface area contributed by atoms with Crippen LogP contribution in [0, 0.1) is 0 Å². The molecular weight excluding hydrogens is 236 g/mol. The van der Waals surface area contributed by atoms with Gasteiger partial charge in [0.1, 0.15) is 5.84 Å². The van der Waals surface area contributed by atoms with Gasteiger partial charge in [-0.1, -0.05) is 18.2 Å². The van der Waals surface area contributed by atoms with Gasteiger partial charge in [-0.15, -0.1) is 11.8 Å². The normalized spacial score (nSPS) is 14.9. The molecule has 0 saturated carbocycles. The number of carboxylic acid groups (broad SMARTS) is 1. The lowest BCUT2D eigenvalue weighted by Crippen LogP contribution is -2.30. The van der Waals surface area contributed by atoms with E-state index in [1.165, 1.54) is 11.8 Å². The van der Waals surface area contributed by atoms with Crippen molar-refractivity contribution in [1.29, 1.82) is 0 Å². The van der Waals surface area contributed by atoms with Crippen LogP contribution < -0.4 is 5.32 Å². The molecule has 0 aromatic heterocycles. The van der Waals surface area contributed by atoms with Crippen molar-refractivity contribution in [3.63, 3.8) is 0 Å². The molecule has 90 valence electrons. The van der Waals surface area contributed by atoms with E-state index in [-0.39, 0.29) is 5.75 Å². The molecular formula is C12H14N2O2S. The highest BCUT2D eigenvalue weighted by Crippen LogP contribution is 2.23. The van der Waals surface area contributed by atoms with Gasteiger partial charge in [0.05, 0.1) is 5.75 Å². The largest absolute Gasteiger partial charge is 0.481 e. The van der Waals surface area contributed by atoms with E-state index >= 15 is 0 Å². The zero-order valence-electron chi connectivity index (χ0n) is 9.35. The van der Waals surface area contributed by atoms with Crippen molar-refractivity contribution in [1.82, 2.24) is 5.32 Å². The van der Waals surface area contributed by atoms with Crippen LogP contribution in [0.2, 0.25) is 0 Å². The van der Waals surface area contributed by atoms with E-state index in [9.17, 15) is 4.79 Å². The lowest BCUT2D eigenvalue weighted by molar-refractivity contribution is -0.133. The van der Waals surface area contributed by atoms with E-state index < -0.39 is 5.97 Å². The van der Waals surface area contributed by atoms with Gasteiger partial charge in [-0.2, -0.15) is 0 Å². The maximum absolute atomic E-state index is 10.6. The summed E-state index contributed by atoms with van der Waals surface area (Å²) < 4.78 is 0. The topological polar surface area (TPSA) is 61.7 Å². The zero-order chi connectivity index (χ0) is 12.1. The Hall–Kier alpha value is -1.49. The molecule has 5 heteroatoms. The van der Waals surface area contributed by atoms with E-state index in [1.807, 2.05) is 24.3 Å². The predicted molar refractivity (Wildman–Crippen MR) is 68.8 cm³/mol. The molecule has 0 atom stereocenters. The molecule has 1 aliphatic heterocycles. The molecule has 2 N–H and O–H groups in total. The minimum absolute atomic E-state index is 0.0737. The molecule has 0 unspecified atom stereocenters. The Kier molecular flexibility index (Phi) is 4.03. The third-order valence-corrected chi connectivity index (χ3v) is 3.45. The van der Waals surface area contributed by atoms with Gasteiger partial charge in [0, 0.05) is 23.5 Å². The second kappa shape index (κ2) is 5.72. The van der Waals surface area contributed by atoms with Crippen LogP contribution in [0.5, 0.6) is 0 Å². The van der Waals surface area contributed by atoms with Crippen LogP contribution in [0.3, 0.4) is 0 Å². The van der Waals surface area contributed by atoms with Gasteiger partial charge in [-0.05, 0) is 12.5 Å². The Bertz CT molecular complexity index is 446. The highest BCUT2D eigenvalue weighted by molar-refractivity contribution is 8.00. The van der Waals surface area contributed by atoms with Gasteiger partial charge >= 0.3 is 5.97 Å². The fraction of sp³-hybridized carbons (Fsp3) is 0.333. The average molecular weight is 250 g/mol. The Balaban J connectivity index is 2.20. The van der Waals surface area contributed by atoms with Crippen molar-refractivity contribution in [2.75, 3.05) is 18.8 Å². The molecule has 0 saturated heterocycles. The van der Waals surface area contributed by atoms with Gasteiger partial charge < -0.3 is 10.4 Å². The highest BCUT2D eigenvalue weighted by atomic mass is 32.2. The van der Waals surface area contributed by atoms with Gasteiger partial charge in [0.15, 0.2) is 0 Å². The smallest absolute Gasteiger partial charge is 0.313 e. The van der Waals surface area contributed by atoms with Crippen LogP contribution in [0.15, 0.2) is 34.2 Å². The summed E-state index contributed by atoms with van der Waals surface area (Å²) in [5, 5.41) is 12.0. The maximum Gasteiger partial charge on any atom is 0.313 e. The number of nitrogens with one attached hydrogen (secondary N) is 1. The number of nitrogens with zero attached hydrogens (tertiary/aromatic N) is 1. The van der Waals surface area contributed by atoms with Crippen LogP contribution in [-0.2, 0) is 4.79 Å². The zero-order valence-corrected chi connectivity index (χ0v) is 10.2. The van der Waals surface area contributed by atoms with Crippen LogP contribution >= 0.6 is 11.8 Å². The molecule has 2 rings (SSSR count). The number of aliphatic carboxylic acids is 1. The average Bonchev–Trinajstić information content (AvgIpc) is 2.38. The first-order chi connectivity index (χ1) is 8.27. The highest BCUT2D eigenvalue weighted by Gasteiger charge is 2.12. The summed E-state index contributed by atoms with van der Waals surface area (Å²) in [6, 6.07) is 7.76. The van der Waals surface area contributed by atoms with Crippen molar-refractivity contribution in [2.24, 2.45) is 4.99 Å². The summed E-state index contributed by atoms with van der Waals surface area (Å²) in [6.45, 7) is 1.76. The molecule has 1 aliphatic rings. The Labute approximate surface area is 104 Å². The lowest BCUT2D eigenvalue weighted by atomic mass is 10.2. The number of carboxylic acids is 1. The number of aliphatic imine (C=N–C) groups is 1. The van der Waals surface area contributed by atoms with Crippen molar-refractivity contribution in [2.45, 2.75) is 11.3 Å². The second-order valence-corrected chi connectivity index (χ2v) is 4.71. The number of benzene rings is 1. The summed E-state index contributed by atoms with van der Waals surface area (Å²) in [7, 11) is 0. The molecule has 0 bridgehead atoms. The van der Waals surface area contributed by atoms with E-state index in [4.69, 9.17) is 5.11 Å². The molecule has 0 amide bonds. The monoisotopic (exact) mass is 250 g/mol. The third kappa shape index (κ3) is 3.23. The van der Waals surface area contributed by atoms with Crippen molar-refractivity contribution < 1.29 is 9.90 Å². The summed E-state index contributed by atoms with van der Waals surface area (Å²) in [5.41, 5.74) is 0.999. The molecule has 0 radical (unpaired) electrons. The van der Waals surface area contributed by atoms with Crippen LogP contribution in [0.1, 0.15) is 12.0 Å². The predicted octanol–water partition coefficient (Wildman–Crippen LogP) is 1.60. The fourth-order valence-electron chi connectivity index (χ4n) is 1.64. The van der Waals surface area contributed by atoms with Crippen molar-refractivity contribution in [3.05, 3.63) is 29.8 Å². The fourth-order valence-corrected chi connectivity index (χ4v) is 2.41. The number of hydrogen-bond donors (Lipinski definition) is 2. The number of carbonyl (C=O) groups is 1. The van der Waals surface area contributed by atoms with Crippen LogP contribution in [-0.4, -0.2) is 35.8 Å². The van der Waals surface area contributed by atoms with Crippen molar-refractivity contribution >= 4 is 23.6 Å². The van der Waals surface area contributed by atoms with E-state index in [2.05, 4.69) is 10.3 Å². The van der Waals surface area contributed by atoms with Crippen molar-refractivity contribution in [3.8, 4) is 0 Å². The number of amidine groups is 1. The lowest BCUT2D eigenvalue weighted by Gasteiger charge is -2.16. The third-order valence-electron chi connectivity index (χ3n) is 2.39. The molecule has 1 aromatic carbocycles. The molecule has 1 aromatic rings. The van der Waals surface area contributed by atoms with E-state index in [0.29, 0.717) is 0 Å². The molecule has 0 spiro atoms. The van der Waals surface area contributed by atoms with Crippen LogP contribution in [0.25, 0.3) is 0 Å². The summed E-state index contributed by atoms with van der Waals surface area (Å²) in [5.74, 6) is 0.151. The van der Waals surface area contributed by atoms with Gasteiger partial charge in [-0.3, -0.25) is 9.79 Å². The Morgan fingerprint density at radius 3 is 3.00 bits per heavy atom. The van der Waals surface area contributed by atoms with Crippen LogP contribution in [0.4, 0.5) is 0 Å². The Morgan fingerprint density at radius 1 is 1.47 bits per heavy atom. The molecule has 0 fully saturated rings. The summed E-state index contributed by atoms with van der Waals surface area (Å²) in [6.07, 6.45) is 1.05. The molecule has 0 aliphatic carbocycles. The molecule has 1 heterocycles. The minimum Gasteiger partial charge on any atom is -0.481 e. The Morgan fingerprint density at radius 2 is 2.29 bits per heavy atom. The van der Waals surface area contributed by atoms with Gasteiger partial charge in [-0.25, -0.2) is 0 Å². The second-order valence-electron chi connectivity index (χ2n) is 3.69. The molecule has 17 heavy (non-hydrogen) atoms. The summed E-state index contributed by atoms with van der Waals surface area (Å²) in [4.78, 5) is 16.0. The standard InChI is InChI=1S/C12H14N2O2S/c15-11(16)8-17-10-5-2-1-4-9(10)12-13-6-3-7-14-12/h1-2,4-5H,3,6-8H2,(H,13,14)(H,15,16). The van der Waals surface area contributed by atoms with E-state index in [0.717, 1.165) is 35.8 Å². The van der Waals surface area contributed by atoms with Gasteiger partial charge in [0.25, 0.3) is 0 Å². The summed E-state index contributed by atoms with van der Waals surface area (Å²) >= 11 is 1.33. The first kappa shape index (κ1) is 12.0. The quantitative estimate of drug-likeness (QED) is 0.797. The maximum atomic E-state index is 10.6. The first-order valence-corrected chi connectivity index (χ1v) is 6.48. The van der Waals surface area contributed by atoms with E-state index in [1.54, 1.807) is 0 Å². The SMILES string of the molecule is O=C(O)CSc1ccccc1C1=NCCCN1.